The molecule has 0 aliphatic heterocycles. The fourth-order valence-electron chi connectivity index (χ4n) is 0.709. The summed E-state index contributed by atoms with van der Waals surface area (Å²) in [5.41, 5.74) is -0.149. The predicted octanol–water partition coefficient (Wildman–Crippen LogP) is 4.69. The van der Waals surface area contributed by atoms with Gasteiger partial charge in [-0.1, -0.05) is 29.3 Å². The van der Waals surface area contributed by atoms with Crippen LogP contribution in [0.2, 0.25) is 10.0 Å². The summed E-state index contributed by atoms with van der Waals surface area (Å²) >= 11 is 14.1. The molecule has 0 heterocycles. The van der Waals surface area contributed by atoms with Crippen molar-refractivity contribution in [1.82, 2.24) is 0 Å². The van der Waals surface area contributed by atoms with Gasteiger partial charge in [0, 0.05) is 10.0 Å². The number of halogens is 5. The highest BCUT2D eigenvalue weighted by atomic mass is 79.9. The Kier molecular flexibility index (Phi) is 3.32. The minimum Gasteiger partial charge on any atom is -0.205 e. The molecule has 0 atom stereocenters. The van der Waals surface area contributed by atoms with E-state index in [0.717, 1.165) is 0 Å². The van der Waals surface area contributed by atoms with Crippen LogP contribution in [0.25, 0.3) is 0 Å². The molecule has 12 heavy (non-hydrogen) atoms. The first-order chi connectivity index (χ1) is 5.54. The number of hydrogen-bond donors (Lipinski definition) is 0. The van der Waals surface area contributed by atoms with E-state index in [1.165, 1.54) is 12.1 Å². The SMILES string of the molecule is FC(F)c1ccc(Cl)c(Cl)c1Br. The van der Waals surface area contributed by atoms with Gasteiger partial charge in [0.15, 0.2) is 0 Å². The summed E-state index contributed by atoms with van der Waals surface area (Å²) < 4.78 is 24.6. The van der Waals surface area contributed by atoms with E-state index >= 15 is 0 Å². The molecule has 0 unspecified atom stereocenters. The monoisotopic (exact) mass is 274 g/mol. The van der Waals surface area contributed by atoms with E-state index in [1.807, 2.05) is 0 Å². The van der Waals surface area contributed by atoms with Crippen molar-refractivity contribution in [3.63, 3.8) is 0 Å². The van der Waals surface area contributed by atoms with Crippen molar-refractivity contribution in [2.24, 2.45) is 0 Å². The van der Waals surface area contributed by atoms with Gasteiger partial charge in [-0.25, -0.2) is 8.78 Å². The smallest absolute Gasteiger partial charge is 0.205 e. The van der Waals surface area contributed by atoms with Gasteiger partial charge in [-0.3, -0.25) is 0 Å². The molecule has 5 heteroatoms. The van der Waals surface area contributed by atoms with E-state index in [1.54, 1.807) is 0 Å². The zero-order chi connectivity index (χ0) is 9.30. The van der Waals surface area contributed by atoms with Crippen LogP contribution in [-0.4, -0.2) is 0 Å². The molecule has 0 aromatic heterocycles. The average molecular weight is 276 g/mol. The first kappa shape index (κ1) is 10.2. The van der Waals surface area contributed by atoms with Crippen molar-refractivity contribution < 1.29 is 8.78 Å². The third-order valence-corrected chi connectivity index (χ3v) is 3.19. The summed E-state index contributed by atoms with van der Waals surface area (Å²) in [6.45, 7) is 0. The third-order valence-electron chi connectivity index (χ3n) is 1.30. The summed E-state index contributed by atoms with van der Waals surface area (Å²) in [5, 5.41) is 0.377. The zero-order valence-electron chi connectivity index (χ0n) is 5.62. The fraction of sp³-hybridized carbons (Fsp3) is 0.143. The highest BCUT2D eigenvalue weighted by Crippen LogP contribution is 2.37. The summed E-state index contributed by atoms with van der Waals surface area (Å²) in [5.74, 6) is 0. The Balaban J connectivity index is 3.27. The van der Waals surface area contributed by atoms with E-state index in [4.69, 9.17) is 23.2 Å². The van der Waals surface area contributed by atoms with Gasteiger partial charge in [0.2, 0.25) is 0 Å². The number of alkyl halides is 2. The maximum absolute atomic E-state index is 12.2. The lowest BCUT2D eigenvalue weighted by Crippen LogP contribution is -1.86. The van der Waals surface area contributed by atoms with Crippen LogP contribution >= 0.6 is 39.1 Å². The fourth-order valence-corrected chi connectivity index (χ4v) is 1.67. The molecule has 0 fully saturated rings. The van der Waals surface area contributed by atoms with Gasteiger partial charge in [-0.15, -0.1) is 0 Å². The van der Waals surface area contributed by atoms with Gasteiger partial charge in [0.1, 0.15) is 0 Å². The summed E-state index contributed by atoms with van der Waals surface area (Å²) in [7, 11) is 0. The van der Waals surface area contributed by atoms with Gasteiger partial charge in [0.05, 0.1) is 10.0 Å². The molecule has 0 aliphatic rings. The first-order valence-corrected chi connectivity index (χ1v) is 4.50. The van der Waals surface area contributed by atoms with Crippen molar-refractivity contribution in [3.05, 3.63) is 32.2 Å². The molecule has 0 saturated carbocycles. The molecular weight excluding hydrogens is 273 g/mol. The molecule has 0 nitrogen and oxygen atoms in total. The Morgan fingerprint density at radius 3 is 2.33 bits per heavy atom. The lowest BCUT2D eigenvalue weighted by atomic mass is 10.2. The standard InChI is InChI=1S/C7H3BrCl2F2/c8-5-3(7(11)12)1-2-4(9)6(5)10/h1-2,7H. The topological polar surface area (TPSA) is 0 Å². The highest BCUT2D eigenvalue weighted by Gasteiger charge is 2.15. The van der Waals surface area contributed by atoms with Crippen LogP contribution in [0.1, 0.15) is 12.0 Å². The second kappa shape index (κ2) is 3.90. The highest BCUT2D eigenvalue weighted by molar-refractivity contribution is 9.10. The molecule has 1 aromatic carbocycles. The maximum Gasteiger partial charge on any atom is 0.264 e. The first-order valence-electron chi connectivity index (χ1n) is 2.95. The van der Waals surface area contributed by atoms with Crippen molar-refractivity contribution >= 4 is 39.1 Å². The zero-order valence-corrected chi connectivity index (χ0v) is 8.72. The molecule has 66 valence electrons. The molecule has 0 N–H and O–H groups in total. The van der Waals surface area contributed by atoms with Crippen LogP contribution in [0.15, 0.2) is 16.6 Å². The lowest BCUT2D eigenvalue weighted by Gasteiger charge is -2.05. The molecule has 1 rings (SSSR count). The number of benzene rings is 1. The van der Waals surface area contributed by atoms with E-state index in [9.17, 15) is 8.78 Å². The Bertz CT molecular complexity index is 302. The van der Waals surface area contributed by atoms with E-state index in [-0.39, 0.29) is 20.1 Å². The summed E-state index contributed by atoms with van der Waals surface area (Å²) in [6, 6.07) is 2.58. The minimum atomic E-state index is -2.55. The Hall–Kier alpha value is 0.140. The third kappa shape index (κ3) is 1.90. The summed E-state index contributed by atoms with van der Waals surface area (Å²) in [4.78, 5) is 0. The molecule has 0 bridgehead atoms. The molecule has 0 aliphatic carbocycles. The van der Waals surface area contributed by atoms with Crippen molar-refractivity contribution in [2.45, 2.75) is 6.43 Å². The van der Waals surface area contributed by atoms with E-state index in [2.05, 4.69) is 15.9 Å². The summed E-state index contributed by atoms with van der Waals surface area (Å²) in [6.07, 6.45) is -2.55. The average Bonchev–Trinajstić information content (AvgIpc) is 2.00. The molecule has 1 aromatic rings. The van der Waals surface area contributed by atoms with Crippen LogP contribution in [0, 0.1) is 0 Å². The predicted molar refractivity (Wildman–Crippen MR) is 49.1 cm³/mol. The van der Waals surface area contributed by atoms with Crippen molar-refractivity contribution in [1.29, 1.82) is 0 Å². The van der Waals surface area contributed by atoms with Crippen molar-refractivity contribution in [3.8, 4) is 0 Å². The van der Waals surface area contributed by atoms with E-state index in [0.29, 0.717) is 0 Å². The maximum atomic E-state index is 12.2. The van der Waals surface area contributed by atoms with Crippen LogP contribution in [0.4, 0.5) is 8.78 Å². The normalized spacial score (nSPS) is 10.8. The quantitative estimate of drug-likeness (QED) is 0.652. The van der Waals surface area contributed by atoms with Crippen molar-refractivity contribution in [2.75, 3.05) is 0 Å². The number of rotatable bonds is 1. The minimum absolute atomic E-state index is 0.120. The van der Waals surface area contributed by atoms with Gasteiger partial charge in [-0.2, -0.15) is 0 Å². The molecular formula is C7H3BrCl2F2. The number of hydrogen-bond acceptors (Lipinski definition) is 0. The second-order valence-electron chi connectivity index (χ2n) is 2.07. The lowest BCUT2D eigenvalue weighted by molar-refractivity contribution is 0.150. The molecule has 0 amide bonds. The second-order valence-corrected chi connectivity index (χ2v) is 3.64. The Labute approximate surface area is 86.6 Å². The van der Waals surface area contributed by atoms with Crippen LogP contribution in [0.5, 0.6) is 0 Å². The Morgan fingerprint density at radius 2 is 1.83 bits per heavy atom. The molecule has 0 spiro atoms. The molecule has 0 saturated heterocycles. The largest absolute Gasteiger partial charge is 0.264 e. The Morgan fingerprint density at radius 1 is 1.25 bits per heavy atom. The van der Waals surface area contributed by atoms with Gasteiger partial charge < -0.3 is 0 Å². The van der Waals surface area contributed by atoms with Gasteiger partial charge >= 0.3 is 0 Å². The van der Waals surface area contributed by atoms with Crippen LogP contribution in [0.3, 0.4) is 0 Å². The van der Waals surface area contributed by atoms with E-state index < -0.39 is 6.43 Å². The van der Waals surface area contributed by atoms with Gasteiger partial charge in [0.25, 0.3) is 6.43 Å². The van der Waals surface area contributed by atoms with Gasteiger partial charge in [-0.05, 0) is 22.0 Å². The molecule has 0 radical (unpaired) electrons. The van der Waals surface area contributed by atoms with Crippen LogP contribution < -0.4 is 0 Å². The van der Waals surface area contributed by atoms with Crippen LogP contribution in [-0.2, 0) is 0 Å².